The molecule has 0 radical (unpaired) electrons. The van der Waals surface area contributed by atoms with E-state index in [-0.39, 0.29) is 10.5 Å². The zero-order valence-corrected chi connectivity index (χ0v) is 15.3. The van der Waals surface area contributed by atoms with E-state index in [1.165, 1.54) is 24.3 Å². The second kappa shape index (κ2) is 8.17. The number of nitrogens with one attached hydrogen (secondary N) is 1. The quantitative estimate of drug-likeness (QED) is 0.613. The van der Waals surface area contributed by atoms with E-state index in [1.807, 2.05) is 18.4 Å². The van der Waals surface area contributed by atoms with Crippen LogP contribution in [0.3, 0.4) is 0 Å². The minimum Gasteiger partial charge on any atom is -0.452 e. The molecule has 0 bridgehead atoms. The number of sulfone groups is 1. The van der Waals surface area contributed by atoms with Crippen molar-refractivity contribution in [3.8, 4) is 0 Å². The van der Waals surface area contributed by atoms with Crippen LogP contribution in [0.15, 0.2) is 58.3 Å². The van der Waals surface area contributed by atoms with Crippen molar-refractivity contribution < 1.29 is 22.7 Å². The first-order valence-electron chi connectivity index (χ1n) is 7.21. The Morgan fingerprint density at radius 3 is 2.52 bits per heavy atom. The van der Waals surface area contributed by atoms with Gasteiger partial charge in [-0.05, 0) is 42.7 Å². The maximum Gasteiger partial charge on any atom is 0.338 e. The number of anilines is 1. The predicted molar refractivity (Wildman–Crippen MR) is 96.7 cm³/mol. The third kappa shape index (κ3) is 5.61. The zero-order valence-electron chi connectivity index (χ0n) is 13.7. The van der Waals surface area contributed by atoms with Gasteiger partial charge >= 0.3 is 5.97 Å². The summed E-state index contributed by atoms with van der Waals surface area (Å²) in [6.45, 7) is -0.467. The lowest BCUT2D eigenvalue weighted by Gasteiger charge is -2.08. The fourth-order valence-corrected chi connectivity index (χ4v) is 3.09. The van der Waals surface area contributed by atoms with E-state index in [9.17, 15) is 18.0 Å². The molecule has 25 heavy (non-hydrogen) atoms. The highest BCUT2D eigenvalue weighted by atomic mass is 32.2. The molecule has 0 aliphatic rings. The summed E-state index contributed by atoms with van der Waals surface area (Å²) in [5, 5.41) is 2.63. The molecule has 0 saturated carbocycles. The molecule has 8 heteroatoms. The Labute approximate surface area is 150 Å². The van der Waals surface area contributed by atoms with Crippen LogP contribution in [0.1, 0.15) is 10.4 Å². The number of carbonyl (C=O) groups is 2. The number of esters is 1. The van der Waals surface area contributed by atoms with Gasteiger partial charge in [0.05, 0.1) is 10.5 Å². The zero-order chi connectivity index (χ0) is 18.4. The molecule has 0 unspecified atom stereocenters. The summed E-state index contributed by atoms with van der Waals surface area (Å²) in [5.41, 5.74) is 0.673. The van der Waals surface area contributed by atoms with E-state index in [0.717, 1.165) is 11.2 Å². The van der Waals surface area contributed by atoms with E-state index in [0.29, 0.717) is 5.69 Å². The molecule has 0 aromatic heterocycles. The molecule has 2 rings (SSSR count). The monoisotopic (exact) mass is 379 g/mol. The average molecular weight is 379 g/mol. The van der Waals surface area contributed by atoms with Gasteiger partial charge in [0.15, 0.2) is 16.4 Å². The topological polar surface area (TPSA) is 89.5 Å². The van der Waals surface area contributed by atoms with Crippen molar-refractivity contribution in [1.29, 1.82) is 0 Å². The Hall–Kier alpha value is -2.32. The number of hydrogen-bond donors (Lipinski definition) is 1. The van der Waals surface area contributed by atoms with Crippen LogP contribution in [0.5, 0.6) is 0 Å². The number of hydrogen-bond acceptors (Lipinski definition) is 6. The van der Waals surface area contributed by atoms with Crippen LogP contribution in [0.25, 0.3) is 0 Å². The molecule has 132 valence electrons. The van der Waals surface area contributed by atoms with Crippen LogP contribution in [0.2, 0.25) is 0 Å². The summed E-state index contributed by atoms with van der Waals surface area (Å²) in [7, 11) is -3.43. The van der Waals surface area contributed by atoms with Crippen molar-refractivity contribution in [2.75, 3.05) is 24.4 Å². The van der Waals surface area contributed by atoms with Crippen LogP contribution in [-0.2, 0) is 19.4 Å². The maximum atomic E-state index is 12.0. The molecular formula is C17H17NO5S2. The van der Waals surface area contributed by atoms with Crippen LogP contribution in [-0.4, -0.2) is 39.4 Å². The second-order valence-corrected chi connectivity index (χ2v) is 8.05. The highest BCUT2D eigenvalue weighted by Crippen LogP contribution is 2.19. The average Bonchev–Trinajstić information content (AvgIpc) is 2.59. The van der Waals surface area contributed by atoms with Crippen LogP contribution < -0.4 is 5.32 Å². The summed E-state index contributed by atoms with van der Waals surface area (Å²) in [6, 6.07) is 12.7. The molecule has 0 atom stereocenters. The van der Waals surface area contributed by atoms with E-state index in [1.54, 1.807) is 23.9 Å². The SMILES string of the molecule is CSc1cccc(NC(=O)COC(=O)c2cccc(S(C)(=O)=O)c2)c1. The van der Waals surface area contributed by atoms with E-state index in [2.05, 4.69) is 5.32 Å². The fraction of sp³-hybridized carbons (Fsp3) is 0.176. The minimum atomic E-state index is -3.43. The third-order valence-corrected chi connectivity index (χ3v) is 5.02. The first-order chi connectivity index (χ1) is 11.8. The summed E-state index contributed by atoms with van der Waals surface area (Å²) in [6.07, 6.45) is 2.97. The van der Waals surface area contributed by atoms with Crippen molar-refractivity contribution in [1.82, 2.24) is 0 Å². The van der Waals surface area contributed by atoms with E-state index >= 15 is 0 Å². The second-order valence-electron chi connectivity index (χ2n) is 5.16. The molecule has 1 amide bonds. The number of benzene rings is 2. The normalized spacial score (nSPS) is 11.0. The molecule has 0 spiro atoms. The van der Waals surface area contributed by atoms with Gasteiger partial charge in [-0.25, -0.2) is 13.2 Å². The lowest BCUT2D eigenvalue weighted by Crippen LogP contribution is -2.21. The summed E-state index contributed by atoms with van der Waals surface area (Å²) >= 11 is 1.54. The van der Waals surface area contributed by atoms with E-state index in [4.69, 9.17) is 4.74 Å². The van der Waals surface area contributed by atoms with Crippen LogP contribution >= 0.6 is 11.8 Å². The maximum absolute atomic E-state index is 12.0. The number of amides is 1. The molecule has 0 aliphatic heterocycles. The Kier molecular flexibility index (Phi) is 6.22. The number of thioether (sulfide) groups is 1. The number of rotatable bonds is 6. The van der Waals surface area contributed by atoms with Gasteiger partial charge in [0, 0.05) is 16.8 Å². The molecule has 0 saturated heterocycles. The van der Waals surface area contributed by atoms with Gasteiger partial charge < -0.3 is 10.1 Å². The Morgan fingerprint density at radius 2 is 1.84 bits per heavy atom. The highest BCUT2D eigenvalue weighted by molar-refractivity contribution is 7.98. The predicted octanol–water partition coefficient (Wildman–Crippen LogP) is 2.61. The number of carbonyl (C=O) groups excluding carboxylic acids is 2. The lowest BCUT2D eigenvalue weighted by molar-refractivity contribution is -0.119. The first kappa shape index (κ1) is 19.0. The molecule has 0 aliphatic carbocycles. The largest absolute Gasteiger partial charge is 0.452 e. The summed E-state index contributed by atoms with van der Waals surface area (Å²) in [5.74, 6) is -1.25. The molecule has 0 heterocycles. The van der Waals surface area contributed by atoms with Crippen LogP contribution in [0, 0.1) is 0 Å². The Bertz CT molecular complexity index is 893. The van der Waals surface area contributed by atoms with Gasteiger partial charge in [0.1, 0.15) is 0 Å². The molecule has 1 N–H and O–H groups in total. The Morgan fingerprint density at radius 1 is 1.12 bits per heavy atom. The van der Waals surface area contributed by atoms with Crippen molar-refractivity contribution in [2.24, 2.45) is 0 Å². The minimum absolute atomic E-state index is 0.0142. The van der Waals surface area contributed by atoms with Gasteiger partial charge in [0.25, 0.3) is 5.91 Å². The van der Waals surface area contributed by atoms with E-state index < -0.39 is 28.3 Å². The summed E-state index contributed by atoms with van der Waals surface area (Å²) < 4.78 is 28.0. The van der Waals surface area contributed by atoms with Crippen LogP contribution in [0.4, 0.5) is 5.69 Å². The fourth-order valence-electron chi connectivity index (χ4n) is 1.97. The van der Waals surface area contributed by atoms with Gasteiger partial charge in [-0.2, -0.15) is 0 Å². The molecule has 2 aromatic carbocycles. The Balaban J connectivity index is 1.96. The lowest BCUT2D eigenvalue weighted by atomic mass is 10.2. The third-order valence-electron chi connectivity index (χ3n) is 3.19. The van der Waals surface area contributed by atoms with Gasteiger partial charge in [-0.1, -0.05) is 12.1 Å². The molecular weight excluding hydrogens is 362 g/mol. The van der Waals surface area contributed by atoms with Gasteiger partial charge in [0.2, 0.25) is 0 Å². The first-order valence-corrected chi connectivity index (χ1v) is 10.3. The van der Waals surface area contributed by atoms with Gasteiger partial charge in [-0.15, -0.1) is 11.8 Å². The molecule has 0 fully saturated rings. The molecule has 6 nitrogen and oxygen atoms in total. The number of ether oxygens (including phenoxy) is 1. The highest BCUT2D eigenvalue weighted by Gasteiger charge is 2.14. The smallest absolute Gasteiger partial charge is 0.338 e. The van der Waals surface area contributed by atoms with Gasteiger partial charge in [-0.3, -0.25) is 4.79 Å². The molecule has 2 aromatic rings. The van der Waals surface area contributed by atoms with Crippen molar-refractivity contribution >= 4 is 39.2 Å². The van der Waals surface area contributed by atoms with Crippen molar-refractivity contribution in [2.45, 2.75) is 9.79 Å². The standard InChI is InChI=1S/C17H17NO5S2/c1-24-14-7-4-6-13(10-14)18-16(19)11-23-17(20)12-5-3-8-15(9-12)25(2,21)22/h3-10H,11H2,1-2H3,(H,18,19). The summed E-state index contributed by atoms with van der Waals surface area (Å²) in [4.78, 5) is 24.9. The van der Waals surface area contributed by atoms with Crippen molar-refractivity contribution in [3.05, 3.63) is 54.1 Å². The van der Waals surface area contributed by atoms with Crippen molar-refractivity contribution in [3.63, 3.8) is 0 Å².